The van der Waals surface area contributed by atoms with Gasteiger partial charge in [0.2, 0.25) is 0 Å². The number of likely N-dealkylation sites (N-methyl/N-ethyl adjacent to an activating group) is 1. The van der Waals surface area contributed by atoms with E-state index in [0.717, 1.165) is 63.3 Å². The number of morpholine rings is 1. The first kappa shape index (κ1) is 16.0. The summed E-state index contributed by atoms with van der Waals surface area (Å²) in [5.74, 6) is 0.101. The molecule has 0 N–H and O–H groups in total. The van der Waals surface area contributed by atoms with Crippen LogP contribution >= 0.6 is 0 Å². The van der Waals surface area contributed by atoms with E-state index in [9.17, 15) is 4.39 Å². The maximum Gasteiger partial charge on any atom is 0.170 e. The highest BCUT2D eigenvalue weighted by molar-refractivity contribution is 5.79. The van der Waals surface area contributed by atoms with Crippen molar-refractivity contribution in [3.63, 3.8) is 0 Å². The average Bonchev–Trinajstić information content (AvgIpc) is 3.04. The normalized spacial score (nSPS) is 24.7. The fourth-order valence-corrected chi connectivity index (χ4v) is 4.03. The van der Waals surface area contributed by atoms with Crippen molar-refractivity contribution in [3.05, 3.63) is 29.7 Å². The van der Waals surface area contributed by atoms with Crippen molar-refractivity contribution >= 4 is 11.0 Å². The molecule has 3 heterocycles. The van der Waals surface area contributed by atoms with Gasteiger partial charge in [-0.15, -0.1) is 0 Å². The summed E-state index contributed by atoms with van der Waals surface area (Å²) < 4.78 is 24.3. The molecule has 5 nitrogen and oxygen atoms in total. The Balaban J connectivity index is 1.45. The Morgan fingerprint density at radius 2 is 2.08 bits per heavy atom. The zero-order chi connectivity index (χ0) is 16.5. The molecule has 6 heteroatoms. The van der Waals surface area contributed by atoms with E-state index >= 15 is 0 Å². The Kier molecular flexibility index (Phi) is 4.52. The van der Waals surface area contributed by atoms with Gasteiger partial charge in [0.15, 0.2) is 5.58 Å². The van der Waals surface area contributed by atoms with Gasteiger partial charge < -0.3 is 9.26 Å². The minimum absolute atomic E-state index is 0.281. The molecule has 4 rings (SSSR count). The van der Waals surface area contributed by atoms with Crippen molar-refractivity contribution in [1.82, 2.24) is 15.0 Å². The predicted octanol–water partition coefficient (Wildman–Crippen LogP) is 2.82. The highest BCUT2D eigenvalue weighted by Gasteiger charge is 2.32. The van der Waals surface area contributed by atoms with Crippen LogP contribution in [0.4, 0.5) is 4.39 Å². The van der Waals surface area contributed by atoms with Crippen LogP contribution in [-0.2, 0) is 4.74 Å². The number of hydrogen-bond donors (Lipinski definition) is 0. The first-order chi connectivity index (χ1) is 11.8. The van der Waals surface area contributed by atoms with Gasteiger partial charge in [-0.2, -0.15) is 0 Å². The molecule has 0 bridgehead atoms. The van der Waals surface area contributed by atoms with E-state index in [1.807, 2.05) is 0 Å². The van der Waals surface area contributed by atoms with Crippen LogP contribution in [0.5, 0.6) is 0 Å². The zero-order valence-electron chi connectivity index (χ0n) is 14.1. The monoisotopic (exact) mass is 333 g/mol. The molecule has 2 aliphatic rings. The lowest BCUT2D eigenvalue weighted by Gasteiger charge is -2.44. The molecule has 24 heavy (non-hydrogen) atoms. The van der Waals surface area contributed by atoms with Crippen LogP contribution in [0.2, 0.25) is 0 Å². The van der Waals surface area contributed by atoms with Gasteiger partial charge >= 0.3 is 0 Å². The quantitative estimate of drug-likeness (QED) is 0.864. The Hall–Kier alpha value is -1.50. The van der Waals surface area contributed by atoms with Crippen molar-refractivity contribution in [3.8, 4) is 0 Å². The molecule has 2 aromatic rings. The second kappa shape index (κ2) is 6.78. The van der Waals surface area contributed by atoms with Gasteiger partial charge in [-0.1, -0.05) is 12.1 Å². The number of aromatic nitrogens is 1. The number of likely N-dealkylation sites (tertiary alicyclic amines) is 1. The fraction of sp³-hybridized carbons (Fsp3) is 0.611. The first-order valence-corrected chi connectivity index (χ1v) is 8.87. The smallest absolute Gasteiger partial charge is 0.170 e. The molecule has 1 aromatic carbocycles. The summed E-state index contributed by atoms with van der Waals surface area (Å²) in [4.78, 5) is 5.03. The summed E-state index contributed by atoms with van der Waals surface area (Å²) in [7, 11) is 0. The van der Waals surface area contributed by atoms with E-state index in [2.05, 4.69) is 21.9 Å². The second-order valence-corrected chi connectivity index (χ2v) is 6.70. The summed E-state index contributed by atoms with van der Waals surface area (Å²) in [5.41, 5.74) is 1.53. The molecule has 1 atom stereocenters. The number of halogens is 1. The van der Waals surface area contributed by atoms with Crippen molar-refractivity contribution in [2.45, 2.75) is 31.8 Å². The third-order valence-corrected chi connectivity index (χ3v) is 5.42. The maximum absolute atomic E-state index is 13.3. The topological polar surface area (TPSA) is 41.7 Å². The van der Waals surface area contributed by atoms with E-state index in [1.54, 1.807) is 6.07 Å². The number of nitrogens with zero attached hydrogens (tertiary/aromatic N) is 3. The van der Waals surface area contributed by atoms with Crippen LogP contribution in [0.15, 0.2) is 22.7 Å². The minimum Gasteiger partial charge on any atom is -0.377 e. The van der Waals surface area contributed by atoms with Crippen LogP contribution < -0.4 is 0 Å². The summed E-state index contributed by atoms with van der Waals surface area (Å²) in [6, 6.07) is 4.69. The van der Waals surface area contributed by atoms with Crippen LogP contribution in [0.1, 0.15) is 31.4 Å². The van der Waals surface area contributed by atoms with Gasteiger partial charge in [0, 0.05) is 37.0 Å². The van der Waals surface area contributed by atoms with Crippen LogP contribution in [-0.4, -0.2) is 60.5 Å². The Labute approximate surface area is 141 Å². The van der Waals surface area contributed by atoms with Crippen LogP contribution in [0.3, 0.4) is 0 Å². The lowest BCUT2D eigenvalue weighted by Crippen LogP contribution is -2.56. The number of benzene rings is 1. The van der Waals surface area contributed by atoms with Gasteiger partial charge in [-0.05, 0) is 31.5 Å². The average molecular weight is 333 g/mol. The third kappa shape index (κ3) is 2.94. The largest absolute Gasteiger partial charge is 0.377 e. The summed E-state index contributed by atoms with van der Waals surface area (Å²) >= 11 is 0. The third-order valence-electron chi connectivity index (χ3n) is 5.42. The van der Waals surface area contributed by atoms with E-state index in [4.69, 9.17) is 9.26 Å². The highest BCUT2D eigenvalue weighted by Crippen LogP contribution is 2.33. The zero-order valence-corrected chi connectivity index (χ0v) is 14.1. The van der Waals surface area contributed by atoms with E-state index in [1.165, 1.54) is 12.1 Å². The number of hydrogen-bond acceptors (Lipinski definition) is 5. The van der Waals surface area contributed by atoms with Crippen molar-refractivity contribution in [1.29, 1.82) is 0 Å². The molecule has 2 aliphatic heterocycles. The Morgan fingerprint density at radius 3 is 2.88 bits per heavy atom. The lowest BCUT2D eigenvalue weighted by atomic mass is 9.91. The SMILES string of the molecule is CCN1CCOCC1N1CCC(c2noc3cc(F)ccc23)CC1. The molecular formula is C18H24FN3O2. The first-order valence-electron chi connectivity index (χ1n) is 8.87. The second-order valence-electron chi connectivity index (χ2n) is 6.70. The summed E-state index contributed by atoms with van der Waals surface area (Å²) in [5, 5.41) is 5.18. The standard InChI is InChI=1S/C18H24FN3O2/c1-2-21-9-10-23-12-17(21)22-7-5-13(6-8-22)18-15-4-3-14(19)11-16(15)24-20-18/h3-4,11,13,17H,2,5-10,12H2,1H3. The summed E-state index contributed by atoms with van der Waals surface area (Å²) in [6.45, 7) is 7.99. The molecular weight excluding hydrogens is 309 g/mol. The van der Waals surface area contributed by atoms with Crippen molar-refractivity contribution < 1.29 is 13.7 Å². The van der Waals surface area contributed by atoms with E-state index < -0.39 is 0 Å². The minimum atomic E-state index is -0.281. The molecule has 0 radical (unpaired) electrons. The number of fused-ring (bicyclic) bond motifs is 1. The predicted molar refractivity (Wildman–Crippen MR) is 89.4 cm³/mol. The molecule has 2 saturated heterocycles. The van der Waals surface area contributed by atoms with Crippen LogP contribution in [0.25, 0.3) is 11.0 Å². The molecule has 0 aliphatic carbocycles. The molecule has 1 unspecified atom stereocenters. The van der Waals surface area contributed by atoms with Gasteiger partial charge in [-0.25, -0.2) is 4.39 Å². The van der Waals surface area contributed by atoms with Crippen LogP contribution in [0, 0.1) is 5.82 Å². The molecule has 2 fully saturated rings. The molecule has 0 saturated carbocycles. The molecule has 0 amide bonds. The van der Waals surface area contributed by atoms with Gasteiger partial charge in [0.25, 0.3) is 0 Å². The lowest BCUT2D eigenvalue weighted by molar-refractivity contribution is -0.0801. The molecule has 1 aromatic heterocycles. The molecule has 0 spiro atoms. The van der Waals surface area contributed by atoms with E-state index in [-0.39, 0.29) is 5.82 Å². The highest BCUT2D eigenvalue weighted by atomic mass is 19.1. The van der Waals surface area contributed by atoms with Crippen molar-refractivity contribution in [2.24, 2.45) is 0 Å². The van der Waals surface area contributed by atoms with Gasteiger partial charge in [0.1, 0.15) is 5.82 Å². The van der Waals surface area contributed by atoms with E-state index in [0.29, 0.717) is 17.7 Å². The maximum atomic E-state index is 13.3. The van der Waals surface area contributed by atoms with Gasteiger partial charge in [-0.3, -0.25) is 9.80 Å². The van der Waals surface area contributed by atoms with Crippen molar-refractivity contribution in [2.75, 3.05) is 39.4 Å². The number of ether oxygens (including phenoxy) is 1. The Morgan fingerprint density at radius 1 is 1.25 bits per heavy atom. The molecule has 130 valence electrons. The fourth-order valence-electron chi connectivity index (χ4n) is 4.03. The number of rotatable bonds is 3. The Bertz CT molecular complexity index is 697. The number of piperidine rings is 1. The van der Waals surface area contributed by atoms with Gasteiger partial charge in [0.05, 0.1) is 25.1 Å². The summed E-state index contributed by atoms with van der Waals surface area (Å²) in [6.07, 6.45) is 2.49.